The number of hydrogen-bond donors (Lipinski definition) is 0. The molecule has 0 amide bonds. The Morgan fingerprint density at radius 2 is 1.94 bits per heavy atom. The minimum absolute atomic E-state index is 0.0914. The number of alkyl halides is 1. The summed E-state index contributed by atoms with van der Waals surface area (Å²) < 4.78 is 27.9. The summed E-state index contributed by atoms with van der Waals surface area (Å²) in [6.45, 7) is 0. The van der Waals surface area contributed by atoms with Crippen molar-refractivity contribution in [3.63, 3.8) is 0 Å². The van der Waals surface area contributed by atoms with E-state index in [0.29, 0.717) is 5.75 Å². The molecule has 1 atom stereocenters. The highest BCUT2D eigenvalue weighted by Gasteiger charge is 2.24. The lowest BCUT2D eigenvalue weighted by molar-refractivity contribution is -0.146. The molecule has 0 fully saturated rings. The Labute approximate surface area is 92.9 Å². The van der Waals surface area contributed by atoms with Gasteiger partial charge < -0.3 is 14.2 Å². The first-order chi connectivity index (χ1) is 7.63. The average Bonchev–Trinajstić information content (AvgIpc) is 2.35. The van der Waals surface area contributed by atoms with Crippen LogP contribution in [0, 0.1) is 0 Å². The third-order valence-electron chi connectivity index (χ3n) is 2.12. The molecular formula is C11H13FO4. The van der Waals surface area contributed by atoms with Crippen molar-refractivity contribution >= 4 is 5.97 Å². The summed E-state index contributed by atoms with van der Waals surface area (Å²) in [5, 5.41) is 0. The van der Waals surface area contributed by atoms with E-state index in [1.165, 1.54) is 26.4 Å². The molecular weight excluding hydrogens is 215 g/mol. The Morgan fingerprint density at radius 3 is 2.44 bits per heavy atom. The predicted octanol–water partition coefficient (Wildman–Crippen LogP) is 1.89. The zero-order chi connectivity index (χ0) is 12.1. The van der Waals surface area contributed by atoms with Gasteiger partial charge in [-0.25, -0.2) is 9.18 Å². The van der Waals surface area contributed by atoms with Crippen LogP contribution in [-0.4, -0.2) is 27.3 Å². The normalized spacial score (nSPS) is 11.8. The second-order valence-corrected chi connectivity index (χ2v) is 2.99. The molecule has 5 heteroatoms. The SMILES string of the molecule is COC(=O)C(F)c1cc(OC)ccc1OC. The van der Waals surface area contributed by atoms with E-state index in [0.717, 1.165) is 7.11 Å². The average molecular weight is 228 g/mol. The Morgan fingerprint density at radius 1 is 1.25 bits per heavy atom. The van der Waals surface area contributed by atoms with Crippen LogP contribution in [0.25, 0.3) is 0 Å². The van der Waals surface area contributed by atoms with Crippen LogP contribution in [0.4, 0.5) is 4.39 Å². The monoisotopic (exact) mass is 228 g/mol. The molecule has 88 valence electrons. The Hall–Kier alpha value is -1.78. The summed E-state index contributed by atoms with van der Waals surface area (Å²) in [6, 6.07) is 4.55. The molecule has 1 aromatic rings. The molecule has 0 bridgehead atoms. The summed E-state index contributed by atoms with van der Waals surface area (Å²) in [5.74, 6) is -0.243. The molecule has 0 heterocycles. The largest absolute Gasteiger partial charge is 0.497 e. The van der Waals surface area contributed by atoms with Gasteiger partial charge in [0, 0.05) is 5.56 Å². The van der Waals surface area contributed by atoms with E-state index in [1.54, 1.807) is 6.07 Å². The molecule has 0 N–H and O–H groups in total. The topological polar surface area (TPSA) is 44.8 Å². The standard InChI is InChI=1S/C11H13FO4/c1-14-7-4-5-9(15-2)8(6-7)10(12)11(13)16-3/h4-6,10H,1-3H3. The molecule has 0 saturated heterocycles. The summed E-state index contributed by atoms with van der Waals surface area (Å²) >= 11 is 0. The third kappa shape index (κ3) is 2.42. The number of hydrogen-bond acceptors (Lipinski definition) is 4. The fraction of sp³-hybridized carbons (Fsp3) is 0.364. The molecule has 1 unspecified atom stereocenters. The molecule has 0 aromatic heterocycles. The lowest BCUT2D eigenvalue weighted by Crippen LogP contribution is -2.10. The van der Waals surface area contributed by atoms with Gasteiger partial charge in [0.1, 0.15) is 11.5 Å². The van der Waals surface area contributed by atoms with Crippen LogP contribution in [-0.2, 0) is 9.53 Å². The van der Waals surface area contributed by atoms with Crippen molar-refractivity contribution in [1.29, 1.82) is 0 Å². The van der Waals surface area contributed by atoms with Crippen LogP contribution in [0.1, 0.15) is 11.7 Å². The number of benzene rings is 1. The van der Waals surface area contributed by atoms with Gasteiger partial charge in [0.25, 0.3) is 0 Å². The summed E-state index contributed by atoms with van der Waals surface area (Å²) in [6.07, 6.45) is -1.88. The Kier molecular flexibility index (Phi) is 4.10. The zero-order valence-electron chi connectivity index (χ0n) is 9.32. The number of methoxy groups -OCH3 is 3. The first-order valence-electron chi connectivity index (χ1n) is 4.57. The van der Waals surface area contributed by atoms with Crippen LogP contribution in [0.15, 0.2) is 18.2 Å². The molecule has 0 spiro atoms. The highest BCUT2D eigenvalue weighted by Crippen LogP contribution is 2.31. The first-order valence-corrected chi connectivity index (χ1v) is 4.57. The van der Waals surface area contributed by atoms with Crippen molar-refractivity contribution in [3.8, 4) is 11.5 Å². The lowest BCUT2D eigenvalue weighted by Gasteiger charge is -2.12. The summed E-state index contributed by atoms with van der Waals surface area (Å²) in [5.41, 5.74) is 0.0914. The maximum absolute atomic E-state index is 13.7. The van der Waals surface area contributed by atoms with Crippen LogP contribution >= 0.6 is 0 Å². The number of ether oxygens (including phenoxy) is 3. The van der Waals surface area contributed by atoms with E-state index in [-0.39, 0.29) is 11.3 Å². The third-order valence-corrected chi connectivity index (χ3v) is 2.12. The second kappa shape index (κ2) is 5.34. The first kappa shape index (κ1) is 12.3. The van der Waals surface area contributed by atoms with Crippen molar-refractivity contribution < 1.29 is 23.4 Å². The van der Waals surface area contributed by atoms with Gasteiger partial charge in [-0.3, -0.25) is 0 Å². The number of rotatable bonds is 4. The van der Waals surface area contributed by atoms with E-state index in [2.05, 4.69) is 4.74 Å². The maximum Gasteiger partial charge on any atom is 0.345 e. The molecule has 16 heavy (non-hydrogen) atoms. The van der Waals surface area contributed by atoms with Crippen molar-refractivity contribution in [2.45, 2.75) is 6.17 Å². The predicted molar refractivity (Wildman–Crippen MR) is 55.4 cm³/mol. The van der Waals surface area contributed by atoms with Gasteiger partial charge in [-0.15, -0.1) is 0 Å². The van der Waals surface area contributed by atoms with Gasteiger partial charge in [-0.05, 0) is 18.2 Å². The zero-order valence-corrected chi connectivity index (χ0v) is 9.32. The number of carbonyl (C=O) groups is 1. The van der Waals surface area contributed by atoms with Crippen LogP contribution < -0.4 is 9.47 Å². The number of esters is 1. The fourth-order valence-electron chi connectivity index (χ4n) is 1.27. The van der Waals surface area contributed by atoms with E-state index < -0.39 is 12.1 Å². The molecule has 0 saturated carbocycles. The van der Waals surface area contributed by atoms with E-state index in [4.69, 9.17) is 9.47 Å². The molecule has 1 aromatic carbocycles. The second-order valence-electron chi connectivity index (χ2n) is 2.99. The Bertz CT molecular complexity index is 378. The van der Waals surface area contributed by atoms with Gasteiger partial charge in [-0.1, -0.05) is 0 Å². The number of halogens is 1. The van der Waals surface area contributed by atoms with E-state index in [9.17, 15) is 9.18 Å². The van der Waals surface area contributed by atoms with Gasteiger partial charge in [-0.2, -0.15) is 0 Å². The van der Waals surface area contributed by atoms with E-state index >= 15 is 0 Å². The van der Waals surface area contributed by atoms with Crippen molar-refractivity contribution in [2.24, 2.45) is 0 Å². The van der Waals surface area contributed by atoms with Crippen LogP contribution in [0.5, 0.6) is 11.5 Å². The highest BCUT2D eigenvalue weighted by atomic mass is 19.1. The highest BCUT2D eigenvalue weighted by molar-refractivity contribution is 5.77. The van der Waals surface area contributed by atoms with Gasteiger partial charge >= 0.3 is 5.97 Å². The van der Waals surface area contributed by atoms with Crippen LogP contribution in [0.2, 0.25) is 0 Å². The van der Waals surface area contributed by atoms with Gasteiger partial charge in [0.2, 0.25) is 6.17 Å². The molecule has 0 radical (unpaired) electrons. The Balaban J connectivity index is 3.12. The van der Waals surface area contributed by atoms with Gasteiger partial charge in [0.15, 0.2) is 0 Å². The smallest absolute Gasteiger partial charge is 0.345 e. The lowest BCUT2D eigenvalue weighted by atomic mass is 10.1. The van der Waals surface area contributed by atoms with Crippen LogP contribution in [0.3, 0.4) is 0 Å². The molecule has 0 aliphatic rings. The maximum atomic E-state index is 13.7. The van der Waals surface area contributed by atoms with E-state index in [1.807, 2.05) is 0 Å². The molecule has 4 nitrogen and oxygen atoms in total. The van der Waals surface area contributed by atoms with Gasteiger partial charge in [0.05, 0.1) is 21.3 Å². The van der Waals surface area contributed by atoms with Crippen molar-refractivity contribution in [3.05, 3.63) is 23.8 Å². The quantitative estimate of drug-likeness (QED) is 0.738. The molecule has 1 rings (SSSR count). The van der Waals surface area contributed by atoms with Crippen molar-refractivity contribution in [1.82, 2.24) is 0 Å². The number of carbonyl (C=O) groups excluding carboxylic acids is 1. The minimum atomic E-state index is -1.88. The molecule has 0 aliphatic carbocycles. The fourth-order valence-corrected chi connectivity index (χ4v) is 1.27. The summed E-state index contributed by atoms with van der Waals surface area (Å²) in [4.78, 5) is 11.1. The molecule has 0 aliphatic heterocycles. The summed E-state index contributed by atoms with van der Waals surface area (Å²) in [7, 11) is 3.98. The minimum Gasteiger partial charge on any atom is -0.497 e. The van der Waals surface area contributed by atoms with Crippen molar-refractivity contribution in [2.75, 3.05) is 21.3 Å².